The zero-order valence-electron chi connectivity index (χ0n) is 11.7. The van der Waals surface area contributed by atoms with Crippen LogP contribution in [0.4, 0.5) is 0 Å². The van der Waals surface area contributed by atoms with Crippen molar-refractivity contribution < 1.29 is 14.3 Å². The minimum Gasteiger partial charge on any atom is -0.454 e. The molecule has 1 aromatic carbocycles. The number of hydrogen-bond acceptors (Lipinski definition) is 4. The Morgan fingerprint density at radius 1 is 1.35 bits per heavy atom. The fourth-order valence-corrected chi connectivity index (χ4v) is 2.78. The van der Waals surface area contributed by atoms with Gasteiger partial charge in [0, 0.05) is 12.1 Å². The van der Waals surface area contributed by atoms with E-state index in [1.807, 2.05) is 18.2 Å². The number of carbonyl (C=O) groups excluding carboxylic acids is 1. The third-order valence-electron chi connectivity index (χ3n) is 3.78. The van der Waals surface area contributed by atoms with Gasteiger partial charge in [-0.25, -0.2) is 0 Å². The molecule has 20 heavy (non-hydrogen) atoms. The third-order valence-corrected chi connectivity index (χ3v) is 3.78. The predicted octanol–water partition coefficient (Wildman–Crippen LogP) is 2.04. The second kappa shape index (κ2) is 5.71. The molecule has 5 nitrogen and oxygen atoms in total. The average molecular weight is 276 g/mol. The summed E-state index contributed by atoms with van der Waals surface area (Å²) < 4.78 is 11.0. The number of hydrogen-bond donors (Lipinski definition) is 1. The van der Waals surface area contributed by atoms with Crippen LogP contribution in [0.25, 0.3) is 0 Å². The Morgan fingerprint density at radius 3 is 3.10 bits per heavy atom. The van der Waals surface area contributed by atoms with Crippen LogP contribution in [-0.2, 0) is 4.79 Å². The second-order valence-corrected chi connectivity index (χ2v) is 5.23. The van der Waals surface area contributed by atoms with E-state index in [1.165, 1.54) is 12.8 Å². The van der Waals surface area contributed by atoms with Gasteiger partial charge in [-0.05, 0) is 12.5 Å². The molecule has 1 amide bonds. The SMILES string of the molecule is CCCCCN1CC(=O)NC1c1cccc2c1OCO2. The summed E-state index contributed by atoms with van der Waals surface area (Å²) in [6.45, 7) is 3.81. The molecular weight excluding hydrogens is 256 g/mol. The van der Waals surface area contributed by atoms with Gasteiger partial charge in [-0.1, -0.05) is 31.9 Å². The van der Waals surface area contributed by atoms with Crippen molar-refractivity contribution in [2.24, 2.45) is 0 Å². The molecule has 0 spiro atoms. The Kier molecular flexibility index (Phi) is 3.78. The Morgan fingerprint density at radius 2 is 2.25 bits per heavy atom. The molecule has 108 valence electrons. The molecule has 1 unspecified atom stereocenters. The lowest BCUT2D eigenvalue weighted by molar-refractivity contribution is -0.118. The zero-order valence-corrected chi connectivity index (χ0v) is 11.7. The molecule has 5 heteroatoms. The van der Waals surface area contributed by atoms with E-state index in [4.69, 9.17) is 9.47 Å². The number of para-hydroxylation sites is 1. The van der Waals surface area contributed by atoms with E-state index < -0.39 is 0 Å². The number of ether oxygens (including phenoxy) is 2. The predicted molar refractivity (Wildman–Crippen MR) is 74.5 cm³/mol. The fraction of sp³-hybridized carbons (Fsp3) is 0.533. The molecule has 2 aliphatic rings. The van der Waals surface area contributed by atoms with Gasteiger partial charge in [-0.3, -0.25) is 9.69 Å². The van der Waals surface area contributed by atoms with E-state index in [9.17, 15) is 4.79 Å². The molecule has 1 atom stereocenters. The molecule has 2 aliphatic heterocycles. The summed E-state index contributed by atoms with van der Waals surface area (Å²) >= 11 is 0. The van der Waals surface area contributed by atoms with Crippen molar-refractivity contribution in [3.05, 3.63) is 23.8 Å². The van der Waals surface area contributed by atoms with Gasteiger partial charge in [0.1, 0.15) is 6.17 Å². The monoisotopic (exact) mass is 276 g/mol. The van der Waals surface area contributed by atoms with Gasteiger partial charge in [-0.15, -0.1) is 0 Å². The molecule has 0 radical (unpaired) electrons. The summed E-state index contributed by atoms with van der Waals surface area (Å²) in [6, 6.07) is 5.83. The van der Waals surface area contributed by atoms with Gasteiger partial charge in [0.2, 0.25) is 12.7 Å². The van der Waals surface area contributed by atoms with Gasteiger partial charge >= 0.3 is 0 Å². The number of rotatable bonds is 5. The first-order valence-electron chi connectivity index (χ1n) is 7.21. The van der Waals surface area contributed by atoms with Crippen LogP contribution in [0.2, 0.25) is 0 Å². The number of unbranched alkanes of at least 4 members (excludes halogenated alkanes) is 2. The van der Waals surface area contributed by atoms with Crippen LogP contribution in [0.3, 0.4) is 0 Å². The molecule has 0 bridgehead atoms. The lowest BCUT2D eigenvalue weighted by atomic mass is 10.1. The fourth-order valence-electron chi connectivity index (χ4n) is 2.78. The number of amides is 1. The molecule has 1 fully saturated rings. The summed E-state index contributed by atoms with van der Waals surface area (Å²) in [5.74, 6) is 1.60. The van der Waals surface area contributed by atoms with E-state index in [-0.39, 0.29) is 18.9 Å². The summed E-state index contributed by atoms with van der Waals surface area (Å²) in [5, 5.41) is 3.03. The minimum atomic E-state index is -0.101. The Bertz CT molecular complexity index is 504. The topological polar surface area (TPSA) is 50.8 Å². The van der Waals surface area contributed by atoms with E-state index in [1.54, 1.807) is 0 Å². The normalized spacial score (nSPS) is 21.2. The van der Waals surface area contributed by atoms with Crippen molar-refractivity contribution in [2.75, 3.05) is 19.9 Å². The van der Waals surface area contributed by atoms with Gasteiger partial charge in [-0.2, -0.15) is 0 Å². The highest BCUT2D eigenvalue weighted by atomic mass is 16.7. The van der Waals surface area contributed by atoms with E-state index in [0.29, 0.717) is 6.54 Å². The first-order chi connectivity index (χ1) is 9.79. The maximum absolute atomic E-state index is 11.7. The van der Waals surface area contributed by atoms with Gasteiger partial charge in [0.15, 0.2) is 11.5 Å². The Hall–Kier alpha value is -1.75. The number of benzene rings is 1. The standard InChI is InChI=1S/C15H20N2O3/c1-2-3-4-8-17-9-13(18)16-15(17)11-6-5-7-12-14(11)20-10-19-12/h5-7,15H,2-4,8-10H2,1H3,(H,16,18). The number of nitrogens with zero attached hydrogens (tertiary/aromatic N) is 1. The van der Waals surface area contributed by atoms with Crippen LogP contribution in [0, 0.1) is 0 Å². The first-order valence-corrected chi connectivity index (χ1v) is 7.21. The summed E-state index contributed by atoms with van der Waals surface area (Å²) in [7, 11) is 0. The van der Waals surface area contributed by atoms with E-state index in [2.05, 4.69) is 17.1 Å². The minimum absolute atomic E-state index is 0.0722. The van der Waals surface area contributed by atoms with Crippen molar-refractivity contribution in [3.63, 3.8) is 0 Å². The molecule has 1 saturated heterocycles. The van der Waals surface area contributed by atoms with Crippen LogP contribution in [-0.4, -0.2) is 30.7 Å². The largest absolute Gasteiger partial charge is 0.454 e. The van der Waals surface area contributed by atoms with E-state index >= 15 is 0 Å². The molecule has 0 aliphatic carbocycles. The van der Waals surface area contributed by atoms with Crippen molar-refractivity contribution in [1.82, 2.24) is 10.2 Å². The van der Waals surface area contributed by atoms with Crippen LogP contribution in [0.1, 0.15) is 37.9 Å². The molecule has 1 aromatic rings. The molecule has 3 rings (SSSR count). The third kappa shape index (κ3) is 2.45. The van der Waals surface area contributed by atoms with Crippen LogP contribution < -0.4 is 14.8 Å². The van der Waals surface area contributed by atoms with Crippen molar-refractivity contribution in [2.45, 2.75) is 32.4 Å². The molecule has 2 heterocycles. The van der Waals surface area contributed by atoms with Gasteiger partial charge < -0.3 is 14.8 Å². The Balaban J connectivity index is 1.80. The molecule has 0 aromatic heterocycles. The van der Waals surface area contributed by atoms with Crippen molar-refractivity contribution in [3.8, 4) is 11.5 Å². The lowest BCUT2D eigenvalue weighted by Gasteiger charge is -2.24. The second-order valence-electron chi connectivity index (χ2n) is 5.23. The average Bonchev–Trinajstić information content (AvgIpc) is 3.05. The molecule has 0 saturated carbocycles. The Labute approximate surface area is 118 Å². The molecule has 1 N–H and O–H groups in total. The van der Waals surface area contributed by atoms with Crippen molar-refractivity contribution in [1.29, 1.82) is 0 Å². The van der Waals surface area contributed by atoms with E-state index in [0.717, 1.165) is 30.0 Å². The number of fused-ring (bicyclic) bond motifs is 1. The number of nitrogens with one attached hydrogen (secondary N) is 1. The van der Waals surface area contributed by atoms with Gasteiger partial charge in [0.25, 0.3) is 0 Å². The van der Waals surface area contributed by atoms with Crippen LogP contribution in [0.5, 0.6) is 11.5 Å². The van der Waals surface area contributed by atoms with Crippen LogP contribution >= 0.6 is 0 Å². The maximum atomic E-state index is 11.7. The molecular formula is C15H20N2O3. The first kappa shape index (κ1) is 13.2. The van der Waals surface area contributed by atoms with Crippen molar-refractivity contribution >= 4 is 5.91 Å². The smallest absolute Gasteiger partial charge is 0.235 e. The summed E-state index contributed by atoms with van der Waals surface area (Å²) in [5.41, 5.74) is 0.988. The lowest BCUT2D eigenvalue weighted by Crippen LogP contribution is -2.28. The zero-order chi connectivity index (χ0) is 13.9. The highest BCUT2D eigenvalue weighted by Crippen LogP contribution is 2.40. The van der Waals surface area contributed by atoms with Crippen LogP contribution in [0.15, 0.2) is 18.2 Å². The summed E-state index contributed by atoms with van der Waals surface area (Å²) in [6.07, 6.45) is 3.37. The quantitative estimate of drug-likeness (QED) is 0.836. The highest BCUT2D eigenvalue weighted by molar-refractivity contribution is 5.81. The van der Waals surface area contributed by atoms with Gasteiger partial charge in [0.05, 0.1) is 6.54 Å². The summed E-state index contributed by atoms with van der Waals surface area (Å²) in [4.78, 5) is 13.9. The maximum Gasteiger partial charge on any atom is 0.235 e. The highest BCUT2D eigenvalue weighted by Gasteiger charge is 2.34. The number of carbonyl (C=O) groups is 1.